The molecule has 0 N–H and O–H groups in total. The molecule has 3 aromatic heterocycles. The standard InChI is InChI=1S/C15H10ClF4N5/c1-8-2-9(3-23-13(8)17)14-24-11(15(18,19)20)6-25(14)7-12-21-4-10(16)5-22-12/h2-6H,7H2,1H3. The van der Waals surface area contributed by atoms with Gasteiger partial charge in [0.1, 0.15) is 11.6 Å². The van der Waals surface area contributed by atoms with Crippen molar-refractivity contribution in [3.63, 3.8) is 0 Å². The number of halogens is 5. The van der Waals surface area contributed by atoms with Gasteiger partial charge >= 0.3 is 6.18 Å². The normalized spacial score (nSPS) is 11.8. The van der Waals surface area contributed by atoms with Gasteiger partial charge in [-0.25, -0.2) is 19.9 Å². The summed E-state index contributed by atoms with van der Waals surface area (Å²) in [6.07, 6.45) is 0.0445. The number of nitrogens with zero attached hydrogens (tertiary/aromatic N) is 5. The minimum Gasteiger partial charge on any atom is -0.323 e. The van der Waals surface area contributed by atoms with Crippen LogP contribution in [0.2, 0.25) is 5.02 Å². The molecule has 25 heavy (non-hydrogen) atoms. The molecule has 0 saturated heterocycles. The molecule has 10 heteroatoms. The van der Waals surface area contributed by atoms with E-state index in [4.69, 9.17) is 11.6 Å². The van der Waals surface area contributed by atoms with Crippen molar-refractivity contribution in [1.29, 1.82) is 0 Å². The van der Waals surface area contributed by atoms with Gasteiger partial charge in [0.25, 0.3) is 0 Å². The molecule has 0 amide bonds. The van der Waals surface area contributed by atoms with Gasteiger partial charge < -0.3 is 4.57 Å². The number of hydrogen-bond acceptors (Lipinski definition) is 4. The van der Waals surface area contributed by atoms with E-state index in [9.17, 15) is 17.6 Å². The van der Waals surface area contributed by atoms with Crippen molar-refractivity contribution >= 4 is 11.6 Å². The second-order valence-corrected chi connectivity index (χ2v) is 5.66. The van der Waals surface area contributed by atoms with Crippen LogP contribution in [0.3, 0.4) is 0 Å². The van der Waals surface area contributed by atoms with E-state index in [-0.39, 0.29) is 29.3 Å². The Labute approximate surface area is 144 Å². The third-order valence-corrected chi connectivity index (χ3v) is 3.52. The van der Waals surface area contributed by atoms with Crippen molar-refractivity contribution in [1.82, 2.24) is 24.5 Å². The van der Waals surface area contributed by atoms with Gasteiger partial charge in [-0.2, -0.15) is 17.6 Å². The quantitative estimate of drug-likeness (QED) is 0.517. The molecule has 0 aromatic carbocycles. The molecule has 3 aromatic rings. The summed E-state index contributed by atoms with van der Waals surface area (Å²) < 4.78 is 53.7. The molecule has 0 saturated carbocycles. The Morgan fingerprint density at radius 2 is 1.80 bits per heavy atom. The predicted octanol–water partition coefficient (Wildman–Crippen LogP) is 3.90. The van der Waals surface area contributed by atoms with E-state index in [0.29, 0.717) is 5.02 Å². The summed E-state index contributed by atoms with van der Waals surface area (Å²) >= 11 is 5.70. The van der Waals surface area contributed by atoms with Gasteiger partial charge in [-0.1, -0.05) is 11.6 Å². The third-order valence-electron chi connectivity index (χ3n) is 3.33. The van der Waals surface area contributed by atoms with Crippen molar-refractivity contribution in [2.75, 3.05) is 0 Å². The highest BCUT2D eigenvalue weighted by atomic mass is 35.5. The summed E-state index contributed by atoms with van der Waals surface area (Å²) in [5, 5.41) is 0.309. The topological polar surface area (TPSA) is 56.5 Å². The Morgan fingerprint density at radius 3 is 2.40 bits per heavy atom. The Morgan fingerprint density at radius 1 is 1.12 bits per heavy atom. The van der Waals surface area contributed by atoms with Crippen LogP contribution in [0.15, 0.2) is 30.9 Å². The molecule has 0 radical (unpaired) electrons. The average molecular weight is 372 g/mol. The Hall–Kier alpha value is -2.55. The molecule has 3 heterocycles. The highest BCUT2D eigenvalue weighted by molar-refractivity contribution is 6.30. The first-order valence-corrected chi connectivity index (χ1v) is 7.35. The minimum absolute atomic E-state index is 0.0125. The molecule has 0 fully saturated rings. The molecule has 0 unspecified atom stereocenters. The second kappa shape index (κ2) is 6.40. The van der Waals surface area contributed by atoms with Gasteiger partial charge in [-0.3, -0.25) is 0 Å². The molecule has 0 atom stereocenters. The second-order valence-electron chi connectivity index (χ2n) is 5.22. The smallest absolute Gasteiger partial charge is 0.323 e. The first-order valence-electron chi connectivity index (χ1n) is 6.97. The van der Waals surface area contributed by atoms with Gasteiger partial charge in [-0.15, -0.1) is 0 Å². The molecule has 0 spiro atoms. The van der Waals surface area contributed by atoms with Crippen LogP contribution in [0.1, 0.15) is 17.1 Å². The van der Waals surface area contributed by atoms with Gasteiger partial charge in [0.15, 0.2) is 5.69 Å². The van der Waals surface area contributed by atoms with E-state index in [1.165, 1.54) is 30.0 Å². The van der Waals surface area contributed by atoms with Crippen molar-refractivity contribution in [2.24, 2.45) is 0 Å². The minimum atomic E-state index is -4.62. The fourth-order valence-electron chi connectivity index (χ4n) is 2.16. The fraction of sp³-hybridized carbons (Fsp3) is 0.200. The van der Waals surface area contributed by atoms with Crippen molar-refractivity contribution in [2.45, 2.75) is 19.6 Å². The molecule has 130 valence electrons. The summed E-state index contributed by atoms with van der Waals surface area (Å²) in [5.74, 6) is -0.455. The number of rotatable bonds is 3. The van der Waals surface area contributed by atoms with Gasteiger partial charge in [-0.05, 0) is 13.0 Å². The summed E-state index contributed by atoms with van der Waals surface area (Å²) in [5.41, 5.74) is -0.620. The number of pyridine rings is 1. The number of alkyl halides is 3. The van der Waals surface area contributed by atoms with E-state index >= 15 is 0 Å². The lowest BCUT2D eigenvalue weighted by atomic mass is 10.2. The zero-order valence-electron chi connectivity index (χ0n) is 12.7. The van der Waals surface area contributed by atoms with Crippen LogP contribution in [0.5, 0.6) is 0 Å². The number of aryl methyl sites for hydroxylation is 1. The lowest BCUT2D eigenvalue weighted by molar-refractivity contribution is -0.140. The van der Waals surface area contributed by atoms with E-state index in [1.807, 2.05) is 0 Å². The first-order chi connectivity index (χ1) is 11.7. The van der Waals surface area contributed by atoms with E-state index in [1.54, 1.807) is 0 Å². The highest BCUT2D eigenvalue weighted by Crippen LogP contribution is 2.31. The number of aromatic nitrogens is 5. The predicted molar refractivity (Wildman–Crippen MR) is 81.3 cm³/mol. The van der Waals surface area contributed by atoms with Crippen LogP contribution >= 0.6 is 11.6 Å². The number of imidazole rings is 1. The highest BCUT2D eigenvalue weighted by Gasteiger charge is 2.35. The largest absolute Gasteiger partial charge is 0.434 e. The molecule has 5 nitrogen and oxygen atoms in total. The van der Waals surface area contributed by atoms with E-state index in [2.05, 4.69) is 19.9 Å². The first kappa shape index (κ1) is 17.3. The molecule has 0 aliphatic heterocycles. The molecular formula is C15H10ClF4N5. The summed E-state index contributed by atoms with van der Waals surface area (Å²) in [7, 11) is 0. The van der Waals surface area contributed by atoms with Crippen LogP contribution in [-0.2, 0) is 12.7 Å². The summed E-state index contributed by atoms with van der Waals surface area (Å²) in [6, 6.07) is 1.38. The SMILES string of the molecule is Cc1cc(-c2nc(C(F)(F)F)cn2Cc2ncc(Cl)cn2)cnc1F. The van der Waals surface area contributed by atoms with Crippen LogP contribution in [0.25, 0.3) is 11.4 Å². The van der Waals surface area contributed by atoms with Crippen molar-refractivity contribution in [3.05, 3.63) is 58.9 Å². The average Bonchev–Trinajstić information content (AvgIpc) is 2.96. The van der Waals surface area contributed by atoms with Gasteiger partial charge in [0, 0.05) is 35.9 Å². The lowest BCUT2D eigenvalue weighted by Crippen LogP contribution is -2.06. The summed E-state index contributed by atoms with van der Waals surface area (Å²) in [6.45, 7) is 1.40. The van der Waals surface area contributed by atoms with Crippen molar-refractivity contribution < 1.29 is 17.6 Å². The Kier molecular flexibility index (Phi) is 4.42. The van der Waals surface area contributed by atoms with Crippen LogP contribution in [-0.4, -0.2) is 24.5 Å². The lowest BCUT2D eigenvalue weighted by Gasteiger charge is -2.07. The van der Waals surface area contributed by atoms with Crippen LogP contribution in [0.4, 0.5) is 17.6 Å². The van der Waals surface area contributed by atoms with Crippen LogP contribution in [0, 0.1) is 12.9 Å². The molecule has 0 bridgehead atoms. The molecule has 0 aliphatic rings. The number of hydrogen-bond donors (Lipinski definition) is 0. The zero-order chi connectivity index (χ0) is 18.2. The van der Waals surface area contributed by atoms with Crippen molar-refractivity contribution in [3.8, 4) is 11.4 Å². The summed E-state index contributed by atoms with van der Waals surface area (Å²) in [4.78, 5) is 15.1. The maximum Gasteiger partial charge on any atom is 0.434 e. The maximum atomic E-state index is 13.3. The van der Waals surface area contributed by atoms with Gasteiger partial charge in [0.2, 0.25) is 5.95 Å². The van der Waals surface area contributed by atoms with E-state index < -0.39 is 17.8 Å². The fourth-order valence-corrected chi connectivity index (χ4v) is 2.25. The van der Waals surface area contributed by atoms with E-state index in [0.717, 1.165) is 12.4 Å². The van der Waals surface area contributed by atoms with Gasteiger partial charge in [0.05, 0.1) is 11.6 Å². The maximum absolute atomic E-state index is 13.3. The monoisotopic (exact) mass is 371 g/mol. The Bertz CT molecular complexity index is 905. The molecular weight excluding hydrogens is 362 g/mol. The molecule has 3 rings (SSSR count). The molecule has 0 aliphatic carbocycles. The zero-order valence-corrected chi connectivity index (χ0v) is 13.5. The van der Waals surface area contributed by atoms with Crippen LogP contribution < -0.4 is 0 Å². The third kappa shape index (κ3) is 3.76. The Balaban J connectivity index is 2.07.